The maximum atomic E-state index is 12.6. The molecule has 5 nitrogen and oxygen atoms in total. The number of aromatic carboxylic acids is 1. The fourth-order valence-corrected chi connectivity index (χ4v) is 3.19. The monoisotopic (exact) mass is 377 g/mol. The van der Waals surface area contributed by atoms with E-state index in [0.717, 1.165) is 28.6 Å². The van der Waals surface area contributed by atoms with E-state index in [9.17, 15) is 9.59 Å². The van der Waals surface area contributed by atoms with E-state index in [-0.39, 0.29) is 11.2 Å². The van der Waals surface area contributed by atoms with Crippen molar-refractivity contribution in [3.8, 4) is 0 Å². The Hall–Kier alpha value is -3.34. The van der Waals surface area contributed by atoms with Gasteiger partial charge in [0.1, 0.15) is 5.58 Å². The van der Waals surface area contributed by atoms with Crippen molar-refractivity contribution in [2.75, 3.05) is 19.0 Å². The van der Waals surface area contributed by atoms with Gasteiger partial charge in [0.05, 0.1) is 11.1 Å². The van der Waals surface area contributed by atoms with Crippen LogP contribution in [0.15, 0.2) is 57.8 Å². The highest BCUT2D eigenvalue weighted by Gasteiger charge is 2.12. The molecule has 0 aliphatic rings. The summed E-state index contributed by atoms with van der Waals surface area (Å²) in [5.74, 6) is -0.944. The predicted octanol–water partition coefficient (Wildman–Crippen LogP) is 4.38. The first-order valence-corrected chi connectivity index (χ1v) is 9.16. The van der Waals surface area contributed by atoms with Gasteiger partial charge in [0.25, 0.3) is 0 Å². The van der Waals surface area contributed by atoms with Gasteiger partial charge >= 0.3 is 11.6 Å². The molecule has 0 aliphatic carbocycles. The third kappa shape index (κ3) is 3.98. The van der Waals surface area contributed by atoms with Gasteiger partial charge in [-0.25, -0.2) is 9.59 Å². The standard InChI is InChI=1S/C23H23NO4/c1-4-18-19-13-12-17(24(2)3)14-21(19)28-23(27)20(18)7-5-6-15-8-10-16(11-9-15)22(25)26/h5,7-14H,4,6H2,1-3H3,(H,25,26)/b7-5+. The van der Waals surface area contributed by atoms with Crippen LogP contribution in [0.4, 0.5) is 5.69 Å². The lowest BCUT2D eigenvalue weighted by atomic mass is 10.0. The molecule has 1 heterocycles. The Kier molecular flexibility index (Phi) is 5.64. The minimum absolute atomic E-state index is 0.258. The molecule has 0 aliphatic heterocycles. The molecule has 0 saturated heterocycles. The number of benzene rings is 2. The van der Waals surface area contributed by atoms with Crippen LogP contribution in [-0.2, 0) is 12.8 Å². The molecule has 2 aromatic carbocycles. The maximum Gasteiger partial charge on any atom is 0.343 e. The van der Waals surface area contributed by atoms with Crippen molar-refractivity contribution < 1.29 is 14.3 Å². The molecule has 0 atom stereocenters. The van der Waals surface area contributed by atoms with Crippen LogP contribution in [0, 0.1) is 0 Å². The molecule has 3 rings (SSSR count). The van der Waals surface area contributed by atoms with Gasteiger partial charge in [-0.05, 0) is 48.2 Å². The predicted molar refractivity (Wildman–Crippen MR) is 112 cm³/mol. The highest BCUT2D eigenvalue weighted by Crippen LogP contribution is 2.25. The van der Waals surface area contributed by atoms with Crippen molar-refractivity contribution >= 4 is 28.7 Å². The number of carboxylic acid groups (broad SMARTS) is 1. The molecule has 28 heavy (non-hydrogen) atoms. The van der Waals surface area contributed by atoms with E-state index in [1.165, 1.54) is 0 Å². The lowest BCUT2D eigenvalue weighted by Crippen LogP contribution is -2.10. The second-order valence-electron chi connectivity index (χ2n) is 6.82. The van der Waals surface area contributed by atoms with Crippen molar-refractivity contribution in [1.82, 2.24) is 0 Å². The number of nitrogens with zero attached hydrogens (tertiary/aromatic N) is 1. The van der Waals surface area contributed by atoms with E-state index in [2.05, 4.69) is 0 Å². The number of carboxylic acids is 1. The number of anilines is 1. The number of carbonyl (C=O) groups is 1. The molecule has 0 fully saturated rings. The van der Waals surface area contributed by atoms with Gasteiger partial charge in [0.15, 0.2) is 0 Å². The Morgan fingerprint density at radius 1 is 1.14 bits per heavy atom. The molecule has 1 N–H and O–H groups in total. The van der Waals surface area contributed by atoms with Crippen molar-refractivity contribution in [3.63, 3.8) is 0 Å². The SMILES string of the molecule is CCc1c(/C=C/Cc2ccc(C(=O)O)cc2)c(=O)oc2cc(N(C)C)ccc12. The third-order valence-corrected chi connectivity index (χ3v) is 4.75. The van der Waals surface area contributed by atoms with Crippen molar-refractivity contribution in [3.05, 3.63) is 81.2 Å². The Bertz CT molecular complexity index is 1090. The number of allylic oxidation sites excluding steroid dienone is 1. The minimum atomic E-state index is -0.944. The average molecular weight is 377 g/mol. The zero-order chi connectivity index (χ0) is 20.3. The van der Waals surface area contributed by atoms with Crippen molar-refractivity contribution in [2.24, 2.45) is 0 Å². The van der Waals surface area contributed by atoms with Gasteiger partial charge in [-0.1, -0.05) is 31.2 Å². The van der Waals surface area contributed by atoms with E-state index in [4.69, 9.17) is 9.52 Å². The largest absolute Gasteiger partial charge is 0.478 e. The first kappa shape index (κ1) is 19.4. The van der Waals surface area contributed by atoms with Gasteiger partial charge in [0.2, 0.25) is 0 Å². The molecule has 0 radical (unpaired) electrons. The van der Waals surface area contributed by atoms with Crippen molar-refractivity contribution in [1.29, 1.82) is 0 Å². The summed E-state index contributed by atoms with van der Waals surface area (Å²) in [5, 5.41) is 9.90. The number of aryl methyl sites for hydroxylation is 1. The van der Waals surface area contributed by atoms with E-state index in [1.54, 1.807) is 30.3 Å². The molecule has 0 bridgehead atoms. The number of hydrogen-bond acceptors (Lipinski definition) is 4. The van der Waals surface area contributed by atoms with Crippen LogP contribution < -0.4 is 10.5 Å². The first-order valence-electron chi connectivity index (χ1n) is 9.16. The van der Waals surface area contributed by atoms with E-state index in [0.29, 0.717) is 17.6 Å². The van der Waals surface area contributed by atoms with Gasteiger partial charge < -0.3 is 14.4 Å². The highest BCUT2D eigenvalue weighted by atomic mass is 16.4. The van der Waals surface area contributed by atoms with Crippen molar-refractivity contribution in [2.45, 2.75) is 19.8 Å². The summed E-state index contributed by atoms with van der Waals surface area (Å²) in [5.41, 5.74) is 3.98. The second kappa shape index (κ2) is 8.13. The molecule has 5 heteroatoms. The molecular weight excluding hydrogens is 354 g/mol. The van der Waals surface area contributed by atoms with E-state index in [1.807, 2.05) is 50.2 Å². The number of rotatable bonds is 6. The van der Waals surface area contributed by atoms with Crippen LogP contribution in [0.5, 0.6) is 0 Å². The fourth-order valence-electron chi connectivity index (χ4n) is 3.19. The molecule has 0 unspecified atom stereocenters. The number of hydrogen-bond donors (Lipinski definition) is 1. The number of fused-ring (bicyclic) bond motifs is 1. The van der Waals surface area contributed by atoms with Gasteiger partial charge in [-0.15, -0.1) is 0 Å². The molecule has 3 aromatic rings. The molecule has 0 amide bonds. The summed E-state index contributed by atoms with van der Waals surface area (Å²) in [6.45, 7) is 2.02. The molecule has 144 valence electrons. The topological polar surface area (TPSA) is 70.7 Å². The quantitative estimate of drug-likeness (QED) is 0.646. The van der Waals surface area contributed by atoms with Crippen LogP contribution in [0.1, 0.15) is 34.0 Å². The minimum Gasteiger partial charge on any atom is -0.478 e. The van der Waals surface area contributed by atoms with Crippen LogP contribution in [0.25, 0.3) is 17.0 Å². The Labute approximate surface area is 163 Å². The van der Waals surface area contributed by atoms with E-state index < -0.39 is 5.97 Å². The summed E-state index contributed by atoms with van der Waals surface area (Å²) in [6, 6.07) is 12.6. The Morgan fingerprint density at radius 3 is 2.46 bits per heavy atom. The Morgan fingerprint density at radius 2 is 1.86 bits per heavy atom. The van der Waals surface area contributed by atoms with Gasteiger partial charge in [-0.3, -0.25) is 0 Å². The summed E-state index contributed by atoms with van der Waals surface area (Å²) in [6.07, 6.45) is 5.02. The van der Waals surface area contributed by atoms with Crippen LogP contribution >= 0.6 is 0 Å². The summed E-state index contributed by atoms with van der Waals surface area (Å²) < 4.78 is 5.57. The molecule has 1 aromatic heterocycles. The van der Waals surface area contributed by atoms with Crippen LogP contribution in [-0.4, -0.2) is 25.2 Å². The van der Waals surface area contributed by atoms with Gasteiger partial charge in [0, 0.05) is 31.2 Å². The van der Waals surface area contributed by atoms with Gasteiger partial charge in [-0.2, -0.15) is 0 Å². The highest BCUT2D eigenvalue weighted by molar-refractivity contribution is 5.87. The maximum absolute atomic E-state index is 12.6. The zero-order valence-electron chi connectivity index (χ0n) is 16.2. The fraction of sp³-hybridized carbons (Fsp3) is 0.217. The smallest absolute Gasteiger partial charge is 0.343 e. The second-order valence-corrected chi connectivity index (χ2v) is 6.82. The van der Waals surface area contributed by atoms with E-state index >= 15 is 0 Å². The average Bonchev–Trinajstić information content (AvgIpc) is 2.68. The lowest BCUT2D eigenvalue weighted by molar-refractivity contribution is 0.0697. The van der Waals surface area contributed by atoms with Crippen LogP contribution in [0.3, 0.4) is 0 Å². The summed E-state index contributed by atoms with van der Waals surface area (Å²) in [7, 11) is 3.89. The first-order chi connectivity index (χ1) is 13.4. The lowest BCUT2D eigenvalue weighted by Gasteiger charge is -2.14. The molecule has 0 saturated carbocycles. The van der Waals surface area contributed by atoms with Crippen LogP contribution in [0.2, 0.25) is 0 Å². The zero-order valence-corrected chi connectivity index (χ0v) is 16.2. The summed E-state index contributed by atoms with van der Waals surface area (Å²) >= 11 is 0. The summed E-state index contributed by atoms with van der Waals surface area (Å²) in [4.78, 5) is 25.4. The Balaban J connectivity index is 1.92. The third-order valence-electron chi connectivity index (χ3n) is 4.75. The molecular formula is C23H23NO4. The molecule has 0 spiro atoms. The normalized spacial score (nSPS) is 11.2.